The Morgan fingerprint density at radius 1 is 1.50 bits per heavy atom. The SMILES string of the molecule is CC(CNC(=O)c1sc(NC2CC2)nc1N)C(C)(C)C. The summed E-state index contributed by atoms with van der Waals surface area (Å²) in [5.41, 5.74) is 6.00. The van der Waals surface area contributed by atoms with Gasteiger partial charge in [-0.2, -0.15) is 0 Å². The Hall–Kier alpha value is -1.30. The van der Waals surface area contributed by atoms with Crippen LogP contribution in [-0.4, -0.2) is 23.5 Å². The van der Waals surface area contributed by atoms with Crippen LogP contribution in [-0.2, 0) is 0 Å². The lowest BCUT2D eigenvalue weighted by atomic mass is 9.82. The number of thiazole rings is 1. The number of nitrogens with zero attached hydrogens (tertiary/aromatic N) is 1. The van der Waals surface area contributed by atoms with Gasteiger partial charge in [-0.15, -0.1) is 0 Å². The molecule has 0 spiro atoms. The number of nitrogen functional groups attached to an aromatic ring is 1. The van der Waals surface area contributed by atoms with E-state index in [1.165, 1.54) is 24.2 Å². The molecule has 1 aromatic rings. The van der Waals surface area contributed by atoms with Gasteiger partial charge in [0, 0.05) is 12.6 Å². The summed E-state index contributed by atoms with van der Waals surface area (Å²) >= 11 is 1.34. The molecule has 2 rings (SSSR count). The zero-order valence-electron chi connectivity index (χ0n) is 12.6. The van der Waals surface area contributed by atoms with Crippen molar-refractivity contribution in [2.45, 2.75) is 46.6 Å². The average Bonchev–Trinajstić information content (AvgIpc) is 3.07. The molecule has 112 valence electrons. The van der Waals surface area contributed by atoms with E-state index in [1.54, 1.807) is 0 Å². The molecule has 1 atom stereocenters. The first kappa shape index (κ1) is 15.1. The number of hydrogen-bond donors (Lipinski definition) is 3. The number of nitrogens with one attached hydrogen (secondary N) is 2. The maximum Gasteiger partial charge on any atom is 0.265 e. The molecule has 1 aliphatic carbocycles. The second-order valence-corrected chi connectivity index (χ2v) is 7.63. The number of hydrogen-bond acceptors (Lipinski definition) is 5. The minimum atomic E-state index is -0.125. The van der Waals surface area contributed by atoms with E-state index in [0.717, 1.165) is 5.13 Å². The van der Waals surface area contributed by atoms with E-state index in [9.17, 15) is 4.79 Å². The van der Waals surface area contributed by atoms with Crippen LogP contribution in [0, 0.1) is 11.3 Å². The molecule has 0 saturated heterocycles. The molecule has 0 bridgehead atoms. The Morgan fingerprint density at radius 3 is 2.70 bits per heavy atom. The lowest BCUT2D eigenvalue weighted by Crippen LogP contribution is -2.33. The maximum atomic E-state index is 12.2. The van der Waals surface area contributed by atoms with Crippen LogP contribution in [0.25, 0.3) is 0 Å². The van der Waals surface area contributed by atoms with Gasteiger partial charge in [0.2, 0.25) is 0 Å². The van der Waals surface area contributed by atoms with Crippen molar-refractivity contribution in [3.8, 4) is 0 Å². The van der Waals surface area contributed by atoms with Crippen LogP contribution in [0.2, 0.25) is 0 Å². The lowest BCUT2D eigenvalue weighted by molar-refractivity contribution is 0.0942. The number of amides is 1. The van der Waals surface area contributed by atoms with Crippen LogP contribution in [0.3, 0.4) is 0 Å². The lowest BCUT2D eigenvalue weighted by Gasteiger charge is -2.27. The van der Waals surface area contributed by atoms with Crippen molar-refractivity contribution >= 4 is 28.2 Å². The van der Waals surface area contributed by atoms with Crippen molar-refractivity contribution in [2.75, 3.05) is 17.6 Å². The summed E-state index contributed by atoms with van der Waals surface area (Å²) in [6.45, 7) is 9.29. The Balaban J connectivity index is 1.93. The summed E-state index contributed by atoms with van der Waals surface area (Å²) in [7, 11) is 0. The Bertz CT molecular complexity index is 488. The van der Waals surface area contributed by atoms with Crippen molar-refractivity contribution in [3.05, 3.63) is 4.88 Å². The summed E-state index contributed by atoms with van der Waals surface area (Å²) < 4.78 is 0. The molecule has 1 heterocycles. The van der Waals surface area contributed by atoms with E-state index >= 15 is 0 Å². The van der Waals surface area contributed by atoms with E-state index in [1.807, 2.05) is 0 Å². The summed E-state index contributed by atoms with van der Waals surface area (Å²) in [4.78, 5) is 16.9. The zero-order chi connectivity index (χ0) is 14.9. The zero-order valence-corrected chi connectivity index (χ0v) is 13.4. The second-order valence-electron chi connectivity index (χ2n) is 6.63. The van der Waals surface area contributed by atoms with Gasteiger partial charge in [-0.1, -0.05) is 39.0 Å². The topological polar surface area (TPSA) is 80.0 Å². The van der Waals surface area contributed by atoms with E-state index < -0.39 is 0 Å². The third kappa shape index (κ3) is 3.85. The highest BCUT2D eigenvalue weighted by Crippen LogP contribution is 2.30. The summed E-state index contributed by atoms with van der Waals surface area (Å²) in [6.07, 6.45) is 2.34. The normalized spacial score (nSPS) is 16.8. The van der Waals surface area contributed by atoms with E-state index in [2.05, 4.69) is 43.3 Å². The van der Waals surface area contributed by atoms with Crippen molar-refractivity contribution in [1.29, 1.82) is 0 Å². The molecule has 4 N–H and O–H groups in total. The van der Waals surface area contributed by atoms with Crippen molar-refractivity contribution < 1.29 is 4.79 Å². The van der Waals surface area contributed by atoms with Crippen LogP contribution >= 0.6 is 11.3 Å². The fourth-order valence-electron chi connectivity index (χ4n) is 1.59. The second kappa shape index (κ2) is 5.60. The fourth-order valence-corrected chi connectivity index (χ4v) is 2.47. The molecule has 20 heavy (non-hydrogen) atoms. The highest BCUT2D eigenvalue weighted by atomic mass is 32.1. The molecule has 0 aromatic carbocycles. The highest BCUT2D eigenvalue weighted by Gasteiger charge is 2.25. The first-order valence-electron chi connectivity index (χ1n) is 7.08. The van der Waals surface area contributed by atoms with Gasteiger partial charge in [-0.25, -0.2) is 4.98 Å². The minimum Gasteiger partial charge on any atom is -0.382 e. The average molecular weight is 296 g/mol. The van der Waals surface area contributed by atoms with E-state index in [4.69, 9.17) is 5.73 Å². The third-order valence-corrected chi connectivity index (χ3v) is 4.81. The summed E-state index contributed by atoms with van der Waals surface area (Å²) in [5, 5.41) is 6.97. The summed E-state index contributed by atoms with van der Waals surface area (Å²) in [6, 6.07) is 0.511. The number of carbonyl (C=O) groups is 1. The molecule has 1 amide bonds. The van der Waals surface area contributed by atoms with Gasteiger partial charge < -0.3 is 16.4 Å². The molecule has 5 nitrogen and oxygen atoms in total. The highest BCUT2D eigenvalue weighted by molar-refractivity contribution is 7.18. The van der Waals surface area contributed by atoms with Crippen LogP contribution in [0.5, 0.6) is 0 Å². The van der Waals surface area contributed by atoms with E-state index in [0.29, 0.717) is 29.2 Å². The van der Waals surface area contributed by atoms with Gasteiger partial charge in [0.05, 0.1) is 0 Å². The molecule has 0 aliphatic heterocycles. The first-order chi connectivity index (χ1) is 9.27. The largest absolute Gasteiger partial charge is 0.382 e. The smallest absolute Gasteiger partial charge is 0.265 e. The number of carbonyl (C=O) groups excluding carboxylic acids is 1. The molecular weight excluding hydrogens is 272 g/mol. The Morgan fingerprint density at radius 2 is 2.15 bits per heavy atom. The number of rotatable bonds is 5. The fraction of sp³-hybridized carbons (Fsp3) is 0.714. The van der Waals surface area contributed by atoms with Gasteiger partial charge in [0.1, 0.15) is 10.7 Å². The maximum absolute atomic E-state index is 12.2. The Labute approximate surface area is 124 Å². The minimum absolute atomic E-state index is 0.125. The standard InChI is InChI=1S/C14H24N4OS/c1-8(14(2,3)4)7-16-12(19)10-11(15)18-13(20-10)17-9-5-6-9/h8-9H,5-7,15H2,1-4H3,(H,16,19)(H,17,18). The van der Waals surface area contributed by atoms with Gasteiger partial charge in [0.15, 0.2) is 5.13 Å². The van der Waals surface area contributed by atoms with Gasteiger partial charge in [0.25, 0.3) is 5.91 Å². The Kier molecular flexibility index (Phi) is 4.22. The molecule has 1 aliphatic rings. The van der Waals surface area contributed by atoms with Crippen LogP contribution in [0.1, 0.15) is 50.2 Å². The van der Waals surface area contributed by atoms with Crippen LogP contribution in [0.15, 0.2) is 0 Å². The number of anilines is 2. The molecular formula is C14H24N4OS. The predicted molar refractivity (Wildman–Crippen MR) is 84.1 cm³/mol. The predicted octanol–water partition coefficient (Wildman–Crippen LogP) is 2.71. The van der Waals surface area contributed by atoms with Crippen LogP contribution in [0.4, 0.5) is 10.9 Å². The van der Waals surface area contributed by atoms with E-state index in [-0.39, 0.29) is 11.3 Å². The third-order valence-electron chi connectivity index (χ3n) is 3.81. The quantitative estimate of drug-likeness (QED) is 0.780. The number of aromatic nitrogens is 1. The van der Waals surface area contributed by atoms with Crippen molar-refractivity contribution in [2.24, 2.45) is 11.3 Å². The molecule has 1 saturated carbocycles. The monoisotopic (exact) mass is 296 g/mol. The van der Waals surface area contributed by atoms with Gasteiger partial charge in [-0.05, 0) is 24.2 Å². The molecule has 1 fully saturated rings. The summed E-state index contributed by atoms with van der Waals surface area (Å²) in [5.74, 6) is 0.587. The molecule has 6 heteroatoms. The first-order valence-corrected chi connectivity index (χ1v) is 7.90. The molecule has 1 unspecified atom stereocenters. The van der Waals surface area contributed by atoms with Gasteiger partial charge in [-0.3, -0.25) is 4.79 Å². The van der Waals surface area contributed by atoms with Crippen molar-refractivity contribution in [1.82, 2.24) is 10.3 Å². The number of nitrogens with two attached hydrogens (primary N) is 1. The van der Waals surface area contributed by atoms with Crippen LogP contribution < -0.4 is 16.4 Å². The molecule has 1 aromatic heterocycles. The van der Waals surface area contributed by atoms with Crippen molar-refractivity contribution in [3.63, 3.8) is 0 Å². The molecule has 0 radical (unpaired) electrons. The van der Waals surface area contributed by atoms with Gasteiger partial charge >= 0.3 is 0 Å².